The largest absolute Gasteiger partial charge is 0.289 e. The van der Waals surface area contributed by atoms with Crippen molar-refractivity contribution in [3.63, 3.8) is 0 Å². The fourth-order valence-corrected chi connectivity index (χ4v) is 3.76. The average molecular weight is 354 g/mol. The van der Waals surface area contributed by atoms with Crippen molar-refractivity contribution >= 4 is 0 Å². The number of rotatable bonds is 4. The highest BCUT2D eigenvalue weighted by Gasteiger charge is 2.30. The Morgan fingerprint density at radius 2 is 1.96 bits per heavy atom. The standard InChI is InChI=1S/C19H23FN6/c1-12-17(13(2)26(24-12)16-8-6-15(20)7-9-16)11-25-10-4-5-18(25)19-21-14(3)22-23-19/h6-9,18H,4-5,10-11H2,1-3H3,(H,21,22,23). The van der Waals surface area contributed by atoms with Crippen LogP contribution in [0, 0.1) is 26.6 Å². The van der Waals surface area contributed by atoms with Crippen molar-refractivity contribution < 1.29 is 4.39 Å². The number of nitrogens with zero attached hydrogens (tertiary/aromatic N) is 5. The highest BCUT2D eigenvalue weighted by Crippen LogP contribution is 2.32. The maximum atomic E-state index is 13.2. The second-order valence-corrected chi connectivity index (χ2v) is 6.95. The number of H-pyrrole nitrogens is 1. The van der Waals surface area contributed by atoms with Crippen molar-refractivity contribution in [2.24, 2.45) is 0 Å². The van der Waals surface area contributed by atoms with Gasteiger partial charge < -0.3 is 0 Å². The maximum absolute atomic E-state index is 13.2. The molecule has 1 saturated heterocycles. The van der Waals surface area contributed by atoms with Gasteiger partial charge >= 0.3 is 0 Å². The van der Waals surface area contributed by atoms with Gasteiger partial charge in [0.05, 0.1) is 17.4 Å². The lowest BCUT2D eigenvalue weighted by Gasteiger charge is -2.22. The van der Waals surface area contributed by atoms with E-state index in [0.717, 1.165) is 54.7 Å². The molecule has 0 aliphatic carbocycles. The Hall–Kier alpha value is -2.54. The number of hydrogen-bond donors (Lipinski definition) is 1. The highest BCUT2D eigenvalue weighted by atomic mass is 19.1. The third kappa shape index (κ3) is 3.03. The molecule has 1 atom stereocenters. The molecule has 3 aromatic rings. The first-order valence-corrected chi connectivity index (χ1v) is 8.97. The van der Waals surface area contributed by atoms with E-state index in [1.54, 1.807) is 12.1 Å². The Kier molecular flexibility index (Phi) is 4.32. The molecule has 1 N–H and O–H groups in total. The van der Waals surface area contributed by atoms with Crippen molar-refractivity contribution in [1.82, 2.24) is 29.9 Å². The van der Waals surface area contributed by atoms with Gasteiger partial charge in [-0.15, -0.1) is 0 Å². The number of aryl methyl sites for hydroxylation is 2. The summed E-state index contributed by atoms with van der Waals surface area (Å²) in [5, 5.41) is 12.0. The van der Waals surface area contributed by atoms with E-state index < -0.39 is 0 Å². The van der Waals surface area contributed by atoms with Crippen molar-refractivity contribution in [3.8, 4) is 5.69 Å². The minimum absolute atomic E-state index is 0.239. The Bertz CT molecular complexity index is 911. The number of benzene rings is 1. The minimum Gasteiger partial charge on any atom is -0.289 e. The summed E-state index contributed by atoms with van der Waals surface area (Å²) in [5.41, 5.74) is 4.18. The van der Waals surface area contributed by atoms with Gasteiger partial charge in [0.2, 0.25) is 0 Å². The lowest BCUT2D eigenvalue weighted by Crippen LogP contribution is -2.24. The van der Waals surface area contributed by atoms with Gasteiger partial charge in [0, 0.05) is 17.8 Å². The maximum Gasteiger partial charge on any atom is 0.167 e. The molecule has 0 spiro atoms. The summed E-state index contributed by atoms with van der Waals surface area (Å²) in [4.78, 5) is 6.95. The third-order valence-electron chi connectivity index (χ3n) is 5.15. The van der Waals surface area contributed by atoms with Crippen molar-refractivity contribution in [1.29, 1.82) is 0 Å². The predicted octanol–water partition coefficient (Wildman–Crippen LogP) is 3.39. The molecular formula is C19H23FN6. The van der Waals surface area contributed by atoms with Gasteiger partial charge in [-0.1, -0.05) is 0 Å². The van der Waals surface area contributed by atoms with E-state index in [-0.39, 0.29) is 11.9 Å². The van der Waals surface area contributed by atoms with Crippen LogP contribution in [-0.4, -0.2) is 36.4 Å². The van der Waals surface area contributed by atoms with Gasteiger partial charge in [0.25, 0.3) is 0 Å². The first-order chi connectivity index (χ1) is 12.5. The predicted molar refractivity (Wildman–Crippen MR) is 96.5 cm³/mol. The Morgan fingerprint density at radius 1 is 1.19 bits per heavy atom. The van der Waals surface area contributed by atoms with Crippen LogP contribution in [-0.2, 0) is 6.54 Å². The van der Waals surface area contributed by atoms with E-state index in [4.69, 9.17) is 0 Å². The monoisotopic (exact) mass is 354 g/mol. The smallest absolute Gasteiger partial charge is 0.167 e. The van der Waals surface area contributed by atoms with Crippen LogP contribution < -0.4 is 0 Å². The topological polar surface area (TPSA) is 62.6 Å². The number of aromatic nitrogens is 5. The van der Waals surface area contributed by atoms with Crippen LogP contribution in [0.15, 0.2) is 24.3 Å². The van der Waals surface area contributed by atoms with Crippen LogP contribution in [0.5, 0.6) is 0 Å². The molecule has 3 heterocycles. The van der Waals surface area contributed by atoms with E-state index >= 15 is 0 Å². The molecular weight excluding hydrogens is 331 g/mol. The summed E-state index contributed by atoms with van der Waals surface area (Å²) in [7, 11) is 0. The van der Waals surface area contributed by atoms with Gasteiger partial charge in [-0.3, -0.25) is 10.00 Å². The molecule has 4 rings (SSSR count). The van der Waals surface area contributed by atoms with E-state index in [1.807, 2.05) is 18.5 Å². The van der Waals surface area contributed by atoms with Gasteiger partial charge in [-0.25, -0.2) is 14.1 Å². The molecule has 136 valence electrons. The molecule has 0 radical (unpaired) electrons. The first-order valence-electron chi connectivity index (χ1n) is 8.97. The SMILES string of the molecule is Cc1nc(C2CCCN2Cc2c(C)nn(-c3ccc(F)cc3)c2C)n[nH]1. The summed E-state index contributed by atoms with van der Waals surface area (Å²) in [5.74, 6) is 1.49. The number of nitrogens with one attached hydrogen (secondary N) is 1. The van der Waals surface area contributed by atoms with Crippen LogP contribution in [0.4, 0.5) is 4.39 Å². The first kappa shape index (κ1) is 16.9. The van der Waals surface area contributed by atoms with Crippen LogP contribution in [0.3, 0.4) is 0 Å². The van der Waals surface area contributed by atoms with E-state index in [2.05, 4.69) is 32.1 Å². The van der Waals surface area contributed by atoms with Gasteiger partial charge in [0.15, 0.2) is 5.82 Å². The molecule has 1 aliphatic heterocycles. The number of hydrogen-bond acceptors (Lipinski definition) is 4. The van der Waals surface area contributed by atoms with Crippen LogP contribution in [0.25, 0.3) is 5.69 Å². The molecule has 1 aromatic carbocycles. The number of likely N-dealkylation sites (tertiary alicyclic amines) is 1. The normalized spacial score (nSPS) is 17.9. The molecule has 6 nitrogen and oxygen atoms in total. The van der Waals surface area contributed by atoms with Crippen LogP contribution in [0.1, 0.15) is 47.5 Å². The quantitative estimate of drug-likeness (QED) is 0.780. The molecule has 0 amide bonds. The minimum atomic E-state index is -0.239. The number of halogens is 1. The molecule has 1 fully saturated rings. The lowest BCUT2D eigenvalue weighted by molar-refractivity contribution is 0.239. The zero-order valence-electron chi connectivity index (χ0n) is 15.3. The Morgan fingerprint density at radius 3 is 2.65 bits per heavy atom. The van der Waals surface area contributed by atoms with E-state index in [0.29, 0.717) is 0 Å². The summed E-state index contributed by atoms with van der Waals surface area (Å²) in [6.07, 6.45) is 2.21. The van der Waals surface area contributed by atoms with Gasteiger partial charge in [-0.05, 0) is 64.4 Å². The molecule has 26 heavy (non-hydrogen) atoms. The fourth-order valence-electron chi connectivity index (χ4n) is 3.76. The third-order valence-corrected chi connectivity index (χ3v) is 5.15. The Labute approximate surface area is 152 Å². The van der Waals surface area contributed by atoms with E-state index in [9.17, 15) is 4.39 Å². The summed E-state index contributed by atoms with van der Waals surface area (Å²) in [6, 6.07) is 6.69. The summed E-state index contributed by atoms with van der Waals surface area (Å²) >= 11 is 0. The second kappa shape index (κ2) is 6.64. The highest BCUT2D eigenvalue weighted by molar-refractivity contribution is 5.37. The molecule has 1 unspecified atom stereocenters. The zero-order chi connectivity index (χ0) is 18.3. The van der Waals surface area contributed by atoms with Crippen molar-refractivity contribution in [2.75, 3.05) is 6.54 Å². The lowest BCUT2D eigenvalue weighted by atomic mass is 10.1. The van der Waals surface area contributed by atoms with Crippen LogP contribution >= 0.6 is 0 Å². The van der Waals surface area contributed by atoms with Crippen LogP contribution in [0.2, 0.25) is 0 Å². The summed E-state index contributed by atoms with van der Waals surface area (Å²) < 4.78 is 15.1. The Balaban J connectivity index is 1.61. The van der Waals surface area contributed by atoms with Crippen molar-refractivity contribution in [2.45, 2.75) is 46.2 Å². The van der Waals surface area contributed by atoms with Gasteiger partial charge in [0.1, 0.15) is 11.6 Å². The van der Waals surface area contributed by atoms with Crippen molar-refractivity contribution in [3.05, 3.63) is 58.7 Å². The molecule has 1 aliphatic rings. The molecule has 2 aromatic heterocycles. The zero-order valence-corrected chi connectivity index (χ0v) is 15.3. The van der Waals surface area contributed by atoms with Gasteiger partial charge in [-0.2, -0.15) is 10.2 Å². The average Bonchev–Trinajstić information content (AvgIpc) is 3.31. The van der Waals surface area contributed by atoms with E-state index in [1.165, 1.54) is 17.7 Å². The molecule has 7 heteroatoms. The second-order valence-electron chi connectivity index (χ2n) is 6.95. The molecule has 0 saturated carbocycles. The summed E-state index contributed by atoms with van der Waals surface area (Å²) in [6.45, 7) is 7.87. The fraction of sp³-hybridized carbons (Fsp3) is 0.421. The molecule has 0 bridgehead atoms. The number of aromatic amines is 1.